The maximum absolute atomic E-state index is 12.9. The van der Waals surface area contributed by atoms with E-state index in [0.717, 1.165) is 30.3 Å². The van der Waals surface area contributed by atoms with Gasteiger partial charge in [-0.25, -0.2) is 0 Å². The fourth-order valence-corrected chi connectivity index (χ4v) is 2.68. The lowest BCUT2D eigenvalue weighted by molar-refractivity contribution is -0.138. The minimum absolute atomic E-state index is 0.208. The minimum atomic E-state index is -4.69. The van der Waals surface area contributed by atoms with Crippen LogP contribution in [0.5, 0.6) is 17.2 Å². The van der Waals surface area contributed by atoms with Gasteiger partial charge in [0.25, 0.3) is 0 Å². The van der Waals surface area contributed by atoms with Crippen LogP contribution in [0.15, 0.2) is 66.7 Å². The molecule has 0 atom stereocenters. The predicted molar refractivity (Wildman–Crippen MR) is 106 cm³/mol. The molecule has 0 radical (unpaired) electrons. The van der Waals surface area contributed by atoms with Gasteiger partial charge in [-0.1, -0.05) is 0 Å². The fraction of sp³-hybridized carbons (Fsp3) is 0.143. The first kappa shape index (κ1) is 25.9. The lowest BCUT2D eigenvalue weighted by atomic mass is 10.1. The molecular formula is C21H13BF9NO3. The summed E-state index contributed by atoms with van der Waals surface area (Å²) in [6.45, 7) is 0. The number of hydrogen-bond donors (Lipinski definition) is 1. The fourth-order valence-electron chi connectivity index (χ4n) is 2.68. The normalized spacial score (nSPS) is 12.3. The van der Waals surface area contributed by atoms with Crippen molar-refractivity contribution < 1.29 is 53.5 Å². The lowest BCUT2D eigenvalue weighted by Gasteiger charge is -2.19. The number of alkyl halides is 9. The van der Waals surface area contributed by atoms with Crippen molar-refractivity contribution in [3.63, 3.8) is 0 Å². The van der Waals surface area contributed by atoms with Crippen molar-refractivity contribution in [3.05, 3.63) is 83.4 Å². The molecule has 0 unspecified atom stereocenters. The smallest absolute Gasteiger partial charge is 0.490 e. The standard InChI is InChI=1S/C21H13BF9NO3/c23-19(24,25)12-1-6-15(7-2-12)33-22(34-16-8-3-13(4-9-16)20(26,27)28)35-18-10-5-14(11-17(18)32)21(29,30)31/h1-11H,32H2. The molecule has 0 saturated heterocycles. The molecule has 0 bridgehead atoms. The highest BCUT2D eigenvalue weighted by Gasteiger charge is 2.35. The van der Waals surface area contributed by atoms with Gasteiger partial charge in [0.2, 0.25) is 0 Å². The molecule has 186 valence electrons. The van der Waals surface area contributed by atoms with Crippen LogP contribution in [0.3, 0.4) is 0 Å². The third-order valence-electron chi connectivity index (χ3n) is 4.39. The zero-order valence-corrected chi connectivity index (χ0v) is 17.1. The van der Waals surface area contributed by atoms with E-state index in [1.54, 1.807) is 0 Å². The molecule has 0 aliphatic carbocycles. The van der Waals surface area contributed by atoms with Gasteiger partial charge in [-0.05, 0) is 66.7 Å². The van der Waals surface area contributed by atoms with Gasteiger partial charge in [-0.15, -0.1) is 0 Å². The van der Waals surface area contributed by atoms with Gasteiger partial charge >= 0.3 is 25.9 Å². The molecule has 14 heteroatoms. The molecule has 4 nitrogen and oxygen atoms in total. The van der Waals surface area contributed by atoms with Crippen molar-refractivity contribution in [2.75, 3.05) is 5.73 Å². The van der Waals surface area contributed by atoms with Gasteiger partial charge < -0.3 is 19.7 Å². The summed E-state index contributed by atoms with van der Waals surface area (Å²) in [5.74, 6) is -0.761. The predicted octanol–water partition coefficient (Wildman–Crippen LogP) is 6.85. The number of benzene rings is 3. The molecule has 0 aliphatic rings. The van der Waals surface area contributed by atoms with E-state index in [4.69, 9.17) is 19.7 Å². The summed E-state index contributed by atoms with van der Waals surface area (Å²) in [7, 11) is -1.86. The van der Waals surface area contributed by atoms with Crippen LogP contribution in [0, 0.1) is 0 Å². The second-order valence-corrected chi connectivity index (χ2v) is 6.94. The molecule has 35 heavy (non-hydrogen) atoms. The topological polar surface area (TPSA) is 53.7 Å². The quantitative estimate of drug-likeness (QED) is 0.225. The highest BCUT2D eigenvalue weighted by molar-refractivity contribution is 6.39. The number of nitrogens with two attached hydrogens (primary N) is 1. The van der Waals surface area contributed by atoms with Crippen LogP contribution < -0.4 is 19.7 Å². The summed E-state index contributed by atoms with van der Waals surface area (Å²) in [6, 6.07) is 8.54. The van der Waals surface area contributed by atoms with Crippen molar-refractivity contribution in [1.82, 2.24) is 0 Å². The summed E-state index contributed by atoms with van der Waals surface area (Å²) in [5, 5.41) is 0. The Balaban J connectivity index is 1.86. The van der Waals surface area contributed by atoms with Crippen LogP contribution in [0.4, 0.5) is 45.2 Å². The van der Waals surface area contributed by atoms with E-state index in [-0.39, 0.29) is 17.2 Å². The first-order chi connectivity index (χ1) is 16.1. The number of hydrogen-bond acceptors (Lipinski definition) is 4. The number of anilines is 1. The molecule has 3 aromatic rings. The van der Waals surface area contributed by atoms with E-state index in [1.165, 1.54) is 0 Å². The van der Waals surface area contributed by atoms with Gasteiger partial charge in [-0.3, -0.25) is 0 Å². The SMILES string of the molecule is Nc1cc(C(F)(F)F)ccc1OB(Oc1ccc(C(F)(F)F)cc1)Oc1ccc(C(F)(F)F)cc1. The van der Waals surface area contributed by atoms with Gasteiger partial charge in [0.05, 0.1) is 22.4 Å². The molecule has 2 N–H and O–H groups in total. The van der Waals surface area contributed by atoms with E-state index in [9.17, 15) is 39.5 Å². The Morgan fingerprint density at radius 2 is 0.886 bits per heavy atom. The molecule has 0 aromatic heterocycles. The van der Waals surface area contributed by atoms with Gasteiger partial charge in [0.1, 0.15) is 17.2 Å². The lowest BCUT2D eigenvalue weighted by Crippen LogP contribution is -2.37. The van der Waals surface area contributed by atoms with E-state index in [1.807, 2.05) is 0 Å². The summed E-state index contributed by atoms with van der Waals surface area (Å²) in [6.07, 6.45) is -13.9. The van der Waals surface area contributed by atoms with Crippen molar-refractivity contribution in [3.8, 4) is 17.2 Å². The average molecular weight is 509 g/mol. The Hall–Kier alpha value is -3.71. The van der Waals surface area contributed by atoms with E-state index >= 15 is 0 Å². The van der Waals surface area contributed by atoms with Crippen LogP contribution >= 0.6 is 0 Å². The Bertz CT molecular complexity index is 1090. The Morgan fingerprint density at radius 1 is 0.514 bits per heavy atom. The molecule has 3 rings (SSSR count). The van der Waals surface area contributed by atoms with Crippen molar-refractivity contribution >= 4 is 13.0 Å². The molecule has 3 aromatic carbocycles. The van der Waals surface area contributed by atoms with E-state index < -0.39 is 48.2 Å². The van der Waals surface area contributed by atoms with Crippen molar-refractivity contribution in [2.45, 2.75) is 18.5 Å². The van der Waals surface area contributed by atoms with Gasteiger partial charge in [0.15, 0.2) is 0 Å². The van der Waals surface area contributed by atoms with Gasteiger partial charge in [-0.2, -0.15) is 39.5 Å². The second kappa shape index (κ2) is 9.51. The highest BCUT2D eigenvalue weighted by Crippen LogP contribution is 2.35. The first-order valence-corrected chi connectivity index (χ1v) is 9.44. The first-order valence-electron chi connectivity index (χ1n) is 9.44. The zero-order chi connectivity index (χ0) is 26.0. The van der Waals surface area contributed by atoms with Crippen molar-refractivity contribution in [2.24, 2.45) is 0 Å². The molecule has 0 heterocycles. The molecule has 0 spiro atoms. The van der Waals surface area contributed by atoms with Crippen LogP contribution in [0.2, 0.25) is 0 Å². The molecule has 0 amide bonds. The molecule has 0 aliphatic heterocycles. The van der Waals surface area contributed by atoms with Crippen LogP contribution in [-0.2, 0) is 18.5 Å². The maximum atomic E-state index is 12.9. The number of rotatable bonds is 6. The Labute approximate surface area is 192 Å². The van der Waals surface area contributed by atoms with E-state index in [2.05, 4.69) is 0 Å². The maximum Gasteiger partial charge on any atom is 0.864 e. The summed E-state index contributed by atoms with van der Waals surface area (Å²) in [4.78, 5) is 0. The highest BCUT2D eigenvalue weighted by atomic mass is 19.4. The number of halogens is 9. The van der Waals surface area contributed by atoms with Gasteiger partial charge in [0, 0.05) is 0 Å². The second-order valence-electron chi connectivity index (χ2n) is 6.94. The summed E-state index contributed by atoms with van der Waals surface area (Å²) in [5.41, 5.74) is 2.07. The Morgan fingerprint density at radius 3 is 1.23 bits per heavy atom. The molecular weight excluding hydrogens is 496 g/mol. The number of nitrogen functional groups attached to an aromatic ring is 1. The van der Waals surface area contributed by atoms with E-state index in [0.29, 0.717) is 36.4 Å². The summed E-state index contributed by atoms with van der Waals surface area (Å²) < 4.78 is 131. The van der Waals surface area contributed by atoms with Crippen LogP contribution in [-0.4, -0.2) is 7.32 Å². The molecule has 0 fully saturated rings. The third-order valence-corrected chi connectivity index (χ3v) is 4.39. The van der Waals surface area contributed by atoms with Crippen LogP contribution in [0.1, 0.15) is 16.7 Å². The third kappa shape index (κ3) is 6.90. The minimum Gasteiger partial charge on any atom is -0.490 e. The largest absolute Gasteiger partial charge is 0.864 e. The summed E-state index contributed by atoms with van der Waals surface area (Å²) >= 11 is 0. The average Bonchev–Trinajstić information content (AvgIpc) is 2.74. The zero-order valence-electron chi connectivity index (χ0n) is 17.1. The van der Waals surface area contributed by atoms with Crippen LogP contribution in [0.25, 0.3) is 0 Å². The monoisotopic (exact) mass is 509 g/mol. The molecule has 0 saturated carbocycles. The van der Waals surface area contributed by atoms with Crippen molar-refractivity contribution in [1.29, 1.82) is 0 Å². The Kier molecular flexibility index (Phi) is 7.04.